The predicted octanol–water partition coefficient (Wildman–Crippen LogP) is 4.95. The molecule has 0 radical (unpaired) electrons. The van der Waals surface area contributed by atoms with Crippen molar-refractivity contribution < 1.29 is 0 Å². The summed E-state index contributed by atoms with van der Waals surface area (Å²) < 4.78 is 0. The van der Waals surface area contributed by atoms with Gasteiger partial charge in [0, 0.05) is 30.1 Å². The highest BCUT2D eigenvalue weighted by molar-refractivity contribution is 5.76. The minimum absolute atomic E-state index is 0.303. The maximum atomic E-state index is 4.21. The number of rotatable bonds is 6. The fourth-order valence-electron chi connectivity index (χ4n) is 3.00. The molecule has 0 bridgehead atoms. The molecule has 1 atom stereocenters. The Bertz CT molecular complexity index is 597. The highest BCUT2D eigenvalue weighted by atomic mass is 15.0. The Kier molecular flexibility index (Phi) is 5.49. The summed E-state index contributed by atoms with van der Waals surface area (Å²) in [5.74, 6) is 0.370. The maximum Gasteiger partial charge on any atom is 0.114 e. The van der Waals surface area contributed by atoms with E-state index in [-0.39, 0.29) is 0 Å². The maximum absolute atomic E-state index is 4.21. The standard InChI is InChI=1S/C21H29N3/c1-21(2)11-3-4-17(9-12-21)14-20(24-19-7-8-19)6-5-18-10-13-22-16-23-15-18/h4,9-10,12-16,18-19,24H,3,5-8,11H2,1-2H3/b20-14-. The van der Waals surface area contributed by atoms with Crippen molar-refractivity contribution in [2.45, 2.75) is 58.4 Å². The van der Waals surface area contributed by atoms with Crippen molar-refractivity contribution in [1.29, 1.82) is 0 Å². The zero-order valence-electron chi connectivity index (χ0n) is 14.9. The second-order valence-electron chi connectivity index (χ2n) is 7.76. The molecule has 24 heavy (non-hydrogen) atoms. The molecule has 0 aromatic heterocycles. The smallest absolute Gasteiger partial charge is 0.114 e. The molecule has 1 N–H and O–H groups in total. The quantitative estimate of drug-likeness (QED) is 0.738. The van der Waals surface area contributed by atoms with Crippen molar-refractivity contribution in [3.8, 4) is 0 Å². The molecule has 1 fully saturated rings. The Morgan fingerprint density at radius 1 is 1.33 bits per heavy atom. The third-order valence-electron chi connectivity index (χ3n) is 4.78. The van der Waals surface area contributed by atoms with Crippen molar-refractivity contribution in [2.24, 2.45) is 21.3 Å². The van der Waals surface area contributed by atoms with Gasteiger partial charge in [0.15, 0.2) is 0 Å². The molecule has 1 heterocycles. The molecule has 0 amide bonds. The van der Waals surface area contributed by atoms with Gasteiger partial charge in [0.1, 0.15) is 6.34 Å². The highest BCUT2D eigenvalue weighted by Gasteiger charge is 2.22. The van der Waals surface area contributed by atoms with Gasteiger partial charge < -0.3 is 5.32 Å². The molecule has 0 aromatic carbocycles. The Labute approximate surface area is 146 Å². The van der Waals surface area contributed by atoms with E-state index in [0.29, 0.717) is 17.4 Å². The van der Waals surface area contributed by atoms with Crippen molar-refractivity contribution in [1.82, 2.24) is 5.32 Å². The number of nitrogens with zero attached hydrogens (tertiary/aromatic N) is 2. The summed E-state index contributed by atoms with van der Waals surface area (Å²) in [4.78, 5) is 8.28. The van der Waals surface area contributed by atoms with E-state index in [2.05, 4.69) is 59.5 Å². The zero-order valence-corrected chi connectivity index (χ0v) is 14.9. The van der Waals surface area contributed by atoms with E-state index in [1.807, 2.05) is 12.4 Å². The Morgan fingerprint density at radius 3 is 3.04 bits per heavy atom. The van der Waals surface area contributed by atoms with E-state index in [1.165, 1.54) is 30.5 Å². The third kappa shape index (κ3) is 5.63. The van der Waals surface area contributed by atoms with E-state index < -0.39 is 0 Å². The minimum Gasteiger partial charge on any atom is -0.386 e. The first-order chi connectivity index (χ1) is 11.6. The fraction of sp³-hybridized carbons (Fsp3) is 0.524. The molecular weight excluding hydrogens is 294 g/mol. The van der Waals surface area contributed by atoms with Crippen LogP contribution in [0.15, 0.2) is 57.8 Å². The highest BCUT2D eigenvalue weighted by Crippen LogP contribution is 2.29. The average molecular weight is 323 g/mol. The lowest BCUT2D eigenvalue weighted by Gasteiger charge is -2.17. The van der Waals surface area contributed by atoms with Crippen LogP contribution in [-0.2, 0) is 0 Å². The molecule has 0 saturated heterocycles. The molecule has 1 saturated carbocycles. The summed E-state index contributed by atoms with van der Waals surface area (Å²) in [6, 6.07) is 0.685. The molecule has 0 spiro atoms. The number of aliphatic imine (C=N–C) groups is 2. The molecule has 128 valence electrons. The van der Waals surface area contributed by atoms with Gasteiger partial charge >= 0.3 is 0 Å². The van der Waals surface area contributed by atoms with Gasteiger partial charge in [0.2, 0.25) is 0 Å². The third-order valence-corrected chi connectivity index (χ3v) is 4.78. The van der Waals surface area contributed by atoms with Gasteiger partial charge in [-0.15, -0.1) is 0 Å². The SMILES string of the molecule is CC1(C)C=CC(/C=C(/CCC2C=CN=CN=C2)NC2CC2)=CCC1. The van der Waals surface area contributed by atoms with Crippen molar-refractivity contribution in [3.63, 3.8) is 0 Å². The van der Waals surface area contributed by atoms with E-state index >= 15 is 0 Å². The second-order valence-corrected chi connectivity index (χ2v) is 7.76. The van der Waals surface area contributed by atoms with Crippen molar-refractivity contribution in [3.05, 3.63) is 47.9 Å². The van der Waals surface area contributed by atoms with Crippen LogP contribution in [0.25, 0.3) is 0 Å². The number of hydrogen-bond acceptors (Lipinski definition) is 3. The zero-order chi connectivity index (χ0) is 16.8. The van der Waals surface area contributed by atoms with Gasteiger partial charge in [-0.2, -0.15) is 0 Å². The largest absolute Gasteiger partial charge is 0.386 e. The molecule has 0 aromatic rings. The Balaban J connectivity index is 1.65. The van der Waals surface area contributed by atoms with Gasteiger partial charge in [-0.25, -0.2) is 9.98 Å². The fourth-order valence-corrected chi connectivity index (χ4v) is 3.00. The first kappa shape index (κ1) is 16.9. The van der Waals surface area contributed by atoms with Crippen LogP contribution in [0, 0.1) is 11.3 Å². The van der Waals surface area contributed by atoms with E-state index in [0.717, 1.165) is 19.3 Å². The average Bonchev–Trinajstić information content (AvgIpc) is 3.37. The number of nitrogens with one attached hydrogen (secondary N) is 1. The van der Waals surface area contributed by atoms with Gasteiger partial charge in [0.25, 0.3) is 0 Å². The van der Waals surface area contributed by atoms with Crippen LogP contribution in [0.4, 0.5) is 0 Å². The monoisotopic (exact) mass is 323 g/mol. The van der Waals surface area contributed by atoms with Gasteiger partial charge in [0.05, 0.1) is 0 Å². The summed E-state index contributed by atoms with van der Waals surface area (Å²) in [7, 11) is 0. The lowest BCUT2D eigenvalue weighted by Crippen LogP contribution is -2.16. The molecule has 2 aliphatic carbocycles. The van der Waals surface area contributed by atoms with Crippen LogP contribution in [0.2, 0.25) is 0 Å². The Hall–Kier alpha value is -1.90. The van der Waals surface area contributed by atoms with E-state index in [1.54, 1.807) is 6.34 Å². The van der Waals surface area contributed by atoms with Gasteiger partial charge in [-0.1, -0.05) is 38.2 Å². The Morgan fingerprint density at radius 2 is 2.21 bits per heavy atom. The van der Waals surface area contributed by atoms with Crippen LogP contribution >= 0.6 is 0 Å². The summed E-state index contributed by atoms with van der Waals surface area (Å²) in [6.45, 7) is 4.63. The predicted molar refractivity (Wildman–Crippen MR) is 103 cm³/mol. The number of allylic oxidation sites excluding steroid dienone is 7. The summed E-state index contributed by atoms with van der Waals surface area (Å²) in [5.41, 5.74) is 3.01. The lowest BCUT2D eigenvalue weighted by atomic mass is 9.88. The van der Waals surface area contributed by atoms with E-state index in [4.69, 9.17) is 0 Å². The summed E-state index contributed by atoms with van der Waals surface area (Å²) in [6.07, 6.45) is 24.1. The molecule has 1 unspecified atom stereocenters. The van der Waals surface area contributed by atoms with Crippen LogP contribution in [-0.4, -0.2) is 18.6 Å². The molecule has 3 heteroatoms. The summed E-state index contributed by atoms with van der Waals surface area (Å²) in [5, 5.41) is 3.72. The number of hydrogen-bond donors (Lipinski definition) is 1. The van der Waals surface area contributed by atoms with Crippen LogP contribution in [0.3, 0.4) is 0 Å². The van der Waals surface area contributed by atoms with Gasteiger partial charge in [-0.3, -0.25) is 0 Å². The lowest BCUT2D eigenvalue weighted by molar-refractivity contribution is 0.445. The summed E-state index contributed by atoms with van der Waals surface area (Å²) >= 11 is 0. The molecular formula is C21H29N3. The van der Waals surface area contributed by atoms with Crippen LogP contribution < -0.4 is 5.32 Å². The first-order valence-electron chi connectivity index (χ1n) is 9.19. The first-order valence-corrected chi connectivity index (χ1v) is 9.19. The normalized spacial score (nSPS) is 26.0. The van der Waals surface area contributed by atoms with Crippen LogP contribution in [0.5, 0.6) is 0 Å². The topological polar surface area (TPSA) is 36.8 Å². The van der Waals surface area contributed by atoms with Crippen molar-refractivity contribution >= 4 is 12.6 Å². The van der Waals surface area contributed by atoms with Gasteiger partial charge in [-0.05, 0) is 55.6 Å². The second kappa shape index (κ2) is 7.78. The molecule has 1 aliphatic heterocycles. The molecule has 3 aliphatic rings. The minimum atomic E-state index is 0.303. The molecule has 3 rings (SSSR count). The van der Waals surface area contributed by atoms with Crippen LogP contribution in [0.1, 0.15) is 52.4 Å². The van der Waals surface area contributed by atoms with E-state index in [9.17, 15) is 0 Å². The van der Waals surface area contributed by atoms with Crippen molar-refractivity contribution in [2.75, 3.05) is 0 Å². The molecule has 3 nitrogen and oxygen atoms in total.